The van der Waals surface area contributed by atoms with Gasteiger partial charge in [0.2, 0.25) is 0 Å². The molecule has 1 amide bonds. The standard InChI is InChI=1S/C11H11F2NO4/c12-7-2-1-6(5-8(7)13)10(16)14-9(3-4-15)11(17)18/h1-2,5,9,15H,3-4H2,(H,14,16)(H,17,18)/t9-/m1/s1. The quantitative estimate of drug-likeness (QED) is 0.720. The fraction of sp³-hybridized carbons (Fsp3) is 0.273. The van der Waals surface area contributed by atoms with Crippen LogP contribution in [0.1, 0.15) is 16.8 Å². The first-order valence-corrected chi connectivity index (χ1v) is 5.05. The SMILES string of the molecule is O=C(N[C@H](CCO)C(=O)O)c1ccc(F)c(F)c1. The van der Waals surface area contributed by atoms with Gasteiger partial charge in [-0.05, 0) is 18.2 Å². The van der Waals surface area contributed by atoms with Gasteiger partial charge in [0, 0.05) is 18.6 Å². The predicted molar refractivity (Wildman–Crippen MR) is 57.0 cm³/mol. The van der Waals surface area contributed by atoms with E-state index in [1.54, 1.807) is 0 Å². The number of hydrogen-bond donors (Lipinski definition) is 3. The molecule has 1 rings (SSSR count). The van der Waals surface area contributed by atoms with Crippen LogP contribution in [0, 0.1) is 11.6 Å². The largest absolute Gasteiger partial charge is 0.480 e. The fourth-order valence-corrected chi connectivity index (χ4v) is 1.27. The molecule has 18 heavy (non-hydrogen) atoms. The van der Waals surface area contributed by atoms with Gasteiger partial charge < -0.3 is 15.5 Å². The molecule has 0 radical (unpaired) electrons. The van der Waals surface area contributed by atoms with Crippen LogP contribution in [0.5, 0.6) is 0 Å². The molecule has 0 bridgehead atoms. The summed E-state index contributed by atoms with van der Waals surface area (Å²) in [5.41, 5.74) is -0.196. The third-order valence-electron chi connectivity index (χ3n) is 2.20. The van der Waals surface area contributed by atoms with E-state index < -0.39 is 36.2 Å². The van der Waals surface area contributed by atoms with Crippen molar-refractivity contribution in [1.29, 1.82) is 0 Å². The van der Waals surface area contributed by atoms with Crippen molar-refractivity contribution in [3.63, 3.8) is 0 Å². The third kappa shape index (κ3) is 3.49. The van der Waals surface area contributed by atoms with Gasteiger partial charge in [0.25, 0.3) is 5.91 Å². The van der Waals surface area contributed by atoms with Gasteiger partial charge in [-0.25, -0.2) is 13.6 Å². The molecule has 0 aromatic heterocycles. The number of hydrogen-bond acceptors (Lipinski definition) is 3. The van der Waals surface area contributed by atoms with Gasteiger partial charge in [0.15, 0.2) is 11.6 Å². The Hall–Kier alpha value is -2.02. The molecule has 0 saturated carbocycles. The smallest absolute Gasteiger partial charge is 0.326 e. The summed E-state index contributed by atoms with van der Waals surface area (Å²) in [5, 5.41) is 19.5. The Labute approximate surface area is 101 Å². The van der Waals surface area contributed by atoms with E-state index in [2.05, 4.69) is 5.32 Å². The molecule has 7 heteroatoms. The van der Waals surface area contributed by atoms with Crippen LogP contribution in [0.25, 0.3) is 0 Å². The molecule has 0 aliphatic carbocycles. The molecule has 0 fully saturated rings. The highest BCUT2D eigenvalue weighted by Gasteiger charge is 2.20. The van der Waals surface area contributed by atoms with Crippen LogP contribution in [0.2, 0.25) is 0 Å². The number of amides is 1. The van der Waals surface area contributed by atoms with Crippen LogP contribution in [0.4, 0.5) is 8.78 Å². The van der Waals surface area contributed by atoms with Crippen molar-refractivity contribution in [3.05, 3.63) is 35.4 Å². The van der Waals surface area contributed by atoms with Gasteiger partial charge in [-0.15, -0.1) is 0 Å². The van der Waals surface area contributed by atoms with Crippen molar-refractivity contribution in [3.8, 4) is 0 Å². The topological polar surface area (TPSA) is 86.6 Å². The normalized spacial score (nSPS) is 11.9. The molecule has 98 valence electrons. The summed E-state index contributed by atoms with van der Waals surface area (Å²) in [5.74, 6) is -4.47. The lowest BCUT2D eigenvalue weighted by Crippen LogP contribution is -2.41. The molecule has 0 saturated heterocycles. The first-order valence-electron chi connectivity index (χ1n) is 5.05. The van der Waals surface area contributed by atoms with Crippen LogP contribution < -0.4 is 5.32 Å². The Morgan fingerprint density at radius 3 is 2.44 bits per heavy atom. The molecule has 1 atom stereocenters. The number of carbonyl (C=O) groups excluding carboxylic acids is 1. The molecule has 0 unspecified atom stereocenters. The molecule has 1 aromatic rings. The minimum atomic E-state index is -1.32. The number of aliphatic carboxylic acids is 1. The molecular formula is C11H11F2NO4. The average Bonchev–Trinajstić information content (AvgIpc) is 2.31. The maximum Gasteiger partial charge on any atom is 0.326 e. The summed E-state index contributed by atoms with van der Waals surface area (Å²) in [6.07, 6.45) is -0.176. The maximum absolute atomic E-state index is 12.9. The first-order chi connectivity index (χ1) is 8.45. The number of nitrogens with one attached hydrogen (secondary N) is 1. The van der Waals surface area contributed by atoms with Gasteiger partial charge in [-0.1, -0.05) is 0 Å². The van der Waals surface area contributed by atoms with Gasteiger partial charge >= 0.3 is 5.97 Å². The second kappa shape index (κ2) is 6.06. The Balaban J connectivity index is 2.80. The zero-order valence-electron chi connectivity index (χ0n) is 9.19. The van der Waals surface area contributed by atoms with Crippen molar-refractivity contribution in [2.24, 2.45) is 0 Å². The van der Waals surface area contributed by atoms with Crippen molar-refractivity contribution in [2.75, 3.05) is 6.61 Å². The molecule has 0 heterocycles. The summed E-state index contributed by atoms with van der Waals surface area (Å²) in [6.45, 7) is -0.422. The lowest BCUT2D eigenvalue weighted by Gasteiger charge is -2.13. The molecule has 0 aliphatic rings. The molecule has 1 aromatic carbocycles. The summed E-state index contributed by atoms with van der Waals surface area (Å²) in [7, 11) is 0. The number of aliphatic hydroxyl groups is 1. The summed E-state index contributed by atoms with van der Waals surface area (Å²) < 4.78 is 25.5. The lowest BCUT2D eigenvalue weighted by atomic mass is 10.1. The highest BCUT2D eigenvalue weighted by Crippen LogP contribution is 2.09. The van der Waals surface area contributed by atoms with E-state index in [0.717, 1.165) is 12.1 Å². The van der Waals surface area contributed by atoms with Crippen molar-refractivity contribution in [2.45, 2.75) is 12.5 Å². The summed E-state index contributed by atoms with van der Waals surface area (Å²) in [6, 6.07) is 1.19. The second-order valence-electron chi connectivity index (χ2n) is 3.51. The number of aliphatic hydroxyl groups excluding tert-OH is 1. The van der Waals surface area contributed by atoms with Crippen molar-refractivity contribution < 1.29 is 28.6 Å². The van der Waals surface area contributed by atoms with Crippen molar-refractivity contribution >= 4 is 11.9 Å². The van der Waals surface area contributed by atoms with Gasteiger partial charge in [0.1, 0.15) is 6.04 Å². The molecule has 3 N–H and O–H groups in total. The van der Waals surface area contributed by atoms with Crippen LogP contribution in [-0.2, 0) is 4.79 Å². The van der Waals surface area contributed by atoms with E-state index >= 15 is 0 Å². The van der Waals surface area contributed by atoms with E-state index in [4.69, 9.17) is 10.2 Å². The Bertz CT molecular complexity index is 464. The number of benzene rings is 1. The van der Waals surface area contributed by atoms with Gasteiger partial charge in [-0.2, -0.15) is 0 Å². The monoisotopic (exact) mass is 259 g/mol. The van der Waals surface area contributed by atoms with Crippen LogP contribution in [0.15, 0.2) is 18.2 Å². The first kappa shape index (κ1) is 14.0. The van der Waals surface area contributed by atoms with E-state index in [1.807, 2.05) is 0 Å². The Morgan fingerprint density at radius 1 is 1.28 bits per heavy atom. The van der Waals surface area contributed by atoms with Gasteiger partial charge in [0.05, 0.1) is 0 Å². The molecule has 0 aliphatic heterocycles. The minimum absolute atomic E-state index is 0.176. The van der Waals surface area contributed by atoms with Crippen molar-refractivity contribution in [1.82, 2.24) is 5.32 Å². The van der Waals surface area contributed by atoms with E-state index in [0.29, 0.717) is 6.07 Å². The van der Waals surface area contributed by atoms with Crippen LogP contribution in [0.3, 0.4) is 0 Å². The molecule has 5 nitrogen and oxygen atoms in total. The summed E-state index contributed by atoms with van der Waals surface area (Å²) in [4.78, 5) is 22.3. The third-order valence-corrected chi connectivity index (χ3v) is 2.20. The highest BCUT2D eigenvalue weighted by atomic mass is 19.2. The number of halogens is 2. The predicted octanol–water partition coefficient (Wildman–Crippen LogP) is 0.530. The zero-order valence-corrected chi connectivity index (χ0v) is 9.19. The number of carboxylic acid groups (broad SMARTS) is 1. The number of carbonyl (C=O) groups is 2. The average molecular weight is 259 g/mol. The van der Waals surface area contributed by atoms with E-state index in [1.165, 1.54) is 0 Å². The zero-order chi connectivity index (χ0) is 13.7. The number of rotatable bonds is 5. The minimum Gasteiger partial charge on any atom is -0.480 e. The van der Waals surface area contributed by atoms with E-state index in [9.17, 15) is 18.4 Å². The number of carboxylic acids is 1. The second-order valence-corrected chi connectivity index (χ2v) is 3.51. The fourth-order valence-electron chi connectivity index (χ4n) is 1.27. The van der Waals surface area contributed by atoms with Gasteiger partial charge in [-0.3, -0.25) is 4.79 Å². The highest BCUT2D eigenvalue weighted by molar-refractivity contribution is 5.96. The maximum atomic E-state index is 12.9. The lowest BCUT2D eigenvalue weighted by molar-refractivity contribution is -0.139. The van der Waals surface area contributed by atoms with E-state index in [-0.39, 0.29) is 12.0 Å². The van der Waals surface area contributed by atoms with Crippen LogP contribution in [-0.4, -0.2) is 34.7 Å². The molecule has 0 spiro atoms. The van der Waals surface area contributed by atoms with Crippen LogP contribution >= 0.6 is 0 Å². The Kier molecular flexibility index (Phi) is 4.73. The summed E-state index contributed by atoms with van der Waals surface area (Å²) >= 11 is 0. The Morgan fingerprint density at radius 2 is 1.94 bits per heavy atom. The molecular weight excluding hydrogens is 248 g/mol.